The van der Waals surface area contributed by atoms with Gasteiger partial charge in [-0.2, -0.15) is 0 Å². The number of hydrogen-bond acceptors (Lipinski definition) is 10. The summed E-state index contributed by atoms with van der Waals surface area (Å²) < 4.78 is 6.99. The standard InChI is InChI=1S/C35H36N6O4S2/c1-39(2)18-7-10-24-15-16-25(21-40(24)3)45-20-8-14-30-31(33(43)44)37-35(47-30)41-19-17-23-9-6-11-26(27(23)22-41)32(42)38-34-36-28-12-4-5-13-29(28)46-34/h4-6,9,11-13,15-16,21,24H,8,14,17-20,22H2,1-3H3,(H,43,44)(H,36,38,42). The fraction of sp³-hybridized carbons (Fsp3) is 0.314. The maximum absolute atomic E-state index is 13.4. The number of thiazole rings is 2. The summed E-state index contributed by atoms with van der Waals surface area (Å²) in [6.07, 6.45) is 7.78. The van der Waals surface area contributed by atoms with Gasteiger partial charge in [-0.25, -0.2) is 14.8 Å². The Morgan fingerprint density at radius 3 is 2.79 bits per heavy atom. The molecule has 47 heavy (non-hydrogen) atoms. The summed E-state index contributed by atoms with van der Waals surface area (Å²) in [7, 11) is 5.95. The molecule has 242 valence electrons. The van der Waals surface area contributed by atoms with Crippen LogP contribution in [0.1, 0.15) is 43.3 Å². The summed E-state index contributed by atoms with van der Waals surface area (Å²) in [5.74, 6) is 5.91. The lowest BCUT2D eigenvalue weighted by atomic mass is 9.94. The highest BCUT2D eigenvalue weighted by Crippen LogP contribution is 2.33. The van der Waals surface area contributed by atoms with Crippen LogP contribution >= 0.6 is 22.7 Å². The molecule has 0 spiro atoms. The number of para-hydroxylation sites is 1. The largest absolute Gasteiger partial charge is 0.492 e. The van der Waals surface area contributed by atoms with Crippen LogP contribution in [-0.4, -0.2) is 83.6 Å². The van der Waals surface area contributed by atoms with Crippen LogP contribution in [0.25, 0.3) is 10.2 Å². The molecule has 12 heteroatoms. The molecule has 2 aromatic heterocycles. The number of rotatable bonds is 10. The Balaban J connectivity index is 1.09. The number of fused-ring (bicyclic) bond motifs is 2. The second-order valence-corrected chi connectivity index (χ2v) is 13.7. The average Bonchev–Trinajstić information content (AvgIpc) is 3.67. The first-order valence-corrected chi connectivity index (χ1v) is 17.0. The Morgan fingerprint density at radius 2 is 2.00 bits per heavy atom. The summed E-state index contributed by atoms with van der Waals surface area (Å²) in [4.78, 5) is 41.5. The van der Waals surface area contributed by atoms with Crippen molar-refractivity contribution in [3.63, 3.8) is 0 Å². The molecule has 0 aliphatic carbocycles. The predicted octanol–water partition coefficient (Wildman–Crippen LogP) is 5.49. The maximum atomic E-state index is 13.4. The number of hydrogen-bond donors (Lipinski definition) is 2. The zero-order valence-electron chi connectivity index (χ0n) is 26.5. The Bertz CT molecular complexity index is 1880. The zero-order valence-corrected chi connectivity index (χ0v) is 28.2. The number of amides is 1. The number of likely N-dealkylation sites (N-methyl/N-ethyl adjacent to an activating group) is 1. The molecule has 2 aliphatic heterocycles. The number of carbonyl (C=O) groups excluding carboxylic acids is 1. The number of aromatic nitrogens is 2. The van der Waals surface area contributed by atoms with Crippen LogP contribution in [0.3, 0.4) is 0 Å². The smallest absolute Gasteiger partial charge is 0.355 e. The summed E-state index contributed by atoms with van der Waals surface area (Å²) in [6.45, 7) is 2.29. The van der Waals surface area contributed by atoms with Crippen LogP contribution < -0.4 is 10.2 Å². The molecule has 0 bridgehead atoms. The number of aromatic carboxylic acids is 1. The fourth-order valence-corrected chi connectivity index (χ4v) is 7.45. The third-order valence-electron chi connectivity index (χ3n) is 7.87. The number of anilines is 2. The van der Waals surface area contributed by atoms with Crippen LogP contribution in [0.15, 0.2) is 66.6 Å². The van der Waals surface area contributed by atoms with Gasteiger partial charge in [-0.15, -0.1) is 11.3 Å². The second kappa shape index (κ2) is 14.4. The number of benzene rings is 2. The van der Waals surface area contributed by atoms with Crippen molar-refractivity contribution in [2.75, 3.05) is 51.1 Å². The number of nitrogens with one attached hydrogen (secondary N) is 1. The highest BCUT2D eigenvalue weighted by Gasteiger charge is 2.27. The molecule has 4 aromatic rings. The number of aryl methyl sites for hydroxylation is 1. The maximum Gasteiger partial charge on any atom is 0.355 e. The van der Waals surface area contributed by atoms with Crippen LogP contribution in [0.5, 0.6) is 0 Å². The summed E-state index contributed by atoms with van der Waals surface area (Å²) in [5.41, 5.74) is 3.54. The van der Waals surface area contributed by atoms with Gasteiger partial charge in [0.15, 0.2) is 16.0 Å². The summed E-state index contributed by atoms with van der Waals surface area (Å²) >= 11 is 2.84. The van der Waals surface area contributed by atoms with Gasteiger partial charge in [-0.1, -0.05) is 47.4 Å². The number of carboxylic acids is 1. The zero-order chi connectivity index (χ0) is 32.9. The van der Waals surface area contributed by atoms with E-state index < -0.39 is 5.97 Å². The molecule has 0 fully saturated rings. The van der Waals surface area contributed by atoms with Crippen LogP contribution in [0.4, 0.5) is 10.3 Å². The van der Waals surface area contributed by atoms with E-state index >= 15 is 0 Å². The number of nitrogens with zero attached hydrogens (tertiary/aromatic N) is 5. The SMILES string of the molecule is CN(C)CC#CC1C=CC(OCCCc2sc(N3CCc4cccc(C(=O)Nc5nc6ccccc6s5)c4C3)nc2C(=O)O)=CN1C. The number of carboxylic acid groups (broad SMARTS) is 1. The van der Waals surface area contributed by atoms with Crippen molar-refractivity contribution < 1.29 is 19.4 Å². The van der Waals surface area contributed by atoms with Crippen LogP contribution in [0.2, 0.25) is 0 Å². The molecule has 10 nitrogen and oxygen atoms in total. The quantitative estimate of drug-likeness (QED) is 0.167. The number of carbonyl (C=O) groups is 2. The molecule has 1 atom stereocenters. The Hall–Kier alpha value is -4.70. The molecule has 2 aromatic carbocycles. The number of ether oxygens (including phenoxy) is 1. The van der Waals surface area contributed by atoms with Gasteiger partial charge < -0.3 is 19.6 Å². The Kier molecular flexibility index (Phi) is 9.87. The third-order valence-corrected chi connectivity index (χ3v) is 9.99. The second-order valence-electron chi connectivity index (χ2n) is 11.6. The van der Waals surface area contributed by atoms with E-state index in [9.17, 15) is 14.7 Å². The Morgan fingerprint density at radius 1 is 1.15 bits per heavy atom. The topological polar surface area (TPSA) is 111 Å². The lowest BCUT2D eigenvalue weighted by molar-refractivity contribution is 0.0689. The predicted molar refractivity (Wildman–Crippen MR) is 187 cm³/mol. The molecular formula is C35H36N6O4S2. The van der Waals surface area contributed by atoms with Gasteiger partial charge in [0.05, 0.1) is 23.4 Å². The molecule has 1 amide bonds. The van der Waals surface area contributed by atoms with Gasteiger partial charge in [0, 0.05) is 36.8 Å². The van der Waals surface area contributed by atoms with Crippen molar-refractivity contribution in [2.45, 2.75) is 31.8 Å². The molecule has 4 heterocycles. The van der Waals surface area contributed by atoms with E-state index in [-0.39, 0.29) is 17.6 Å². The van der Waals surface area contributed by atoms with Crippen molar-refractivity contribution in [1.29, 1.82) is 0 Å². The fourth-order valence-electron chi connectivity index (χ4n) is 5.47. The minimum absolute atomic E-state index is 0.00168. The third kappa shape index (κ3) is 7.65. The monoisotopic (exact) mass is 668 g/mol. The van der Waals surface area contributed by atoms with E-state index in [1.54, 1.807) is 0 Å². The van der Waals surface area contributed by atoms with Crippen molar-refractivity contribution >= 4 is 55.0 Å². The van der Waals surface area contributed by atoms with Crippen molar-refractivity contribution in [2.24, 2.45) is 0 Å². The highest BCUT2D eigenvalue weighted by atomic mass is 32.1. The van der Waals surface area contributed by atoms with E-state index in [2.05, 4.69) is 32.0 Å². The lowest BCUT2D eigenvalue weighted by Crippen LogP contribution is -2.32. The van der Waals surface area contributed by atoms with E-state index in [1.165, 1.54) is 22.7 Å². The van der Waals surface area contributed by atoms with Gasteiger partial charge in [-0.3, -0.25) is 15.0 Å². The molecule has 6 rings (SSSR count). The first kappa shape index (κ1) is 32.2. The van der Waals surface area contributed by atoms with Gasteiger partial charge >= 0.3 is 5.97 Å². The van der Waals surface area contributed by atoms with Crippen molar-refractivity contribution in [1.82, 2.24) is 19.8 Å². The minimum Gasteiger partial charge on any atom is -0.492 e. The molecule has 0 saturated heterocycles. The van der Waals surface area contributed by atoms with Gasteiger partial charge in [0.1, 0.15) is 11.8 Å². The van der Waals surface area contributed by atoms with Gasteiger partial charge in [-0.05, 0) is 74.8 Å². The molecule has 2 N–H and O–H groups in total. The van der Waals surface area contributed by atoms with Crippen LogP contribution in [0, 0.1) is 11.8 Å². The first-order chi connectivity index (χ1) is 22.7. The van der Waals surface area contributed by atoms with E-state index in [4.69, 9.17) is 4.74 Å². The van der Waals surface area contributed by atoms with E-state index in [1.807, 2.05) is 91.8 Å². The molecule has 0 radical (unpaired) electrons. The van der Waals surface area contributed by atoms with Crippen LogP contribution in [-0.2, 0) is 24.1 Å². The highest BCUT2D eigenvalue weighted by molar-refractivity contribution is 7.22. The molecular weight excluding hydrogens is 633 g/mol. The normalized spacial score (nSPS) is 15.7. The minimum atomic E-state index is -1.04. The molecule has 2 aliphatic rings. The summed E-state index contributed by atoms with van der Waals surface area (Å²) in [6, 6.07) is 13.6. The molecule has 0 saturated carbocycles. The number of allylic oxidation sites excluding steroid dienone is 1. The van der Waals surface area contributed by atoms with E-state index in [0.29, 0.717) is 59.8 Å². The van der Waals surface area contributed by atoms with Gasteiger partial charge in [0.25, 0.3) is 5.91 Å². The van der Waals surface area contributed by atoms with E-state index in [0.717, 1.165) is 33.5 Å². The molecule has 1 unspecified atom stereocenters. The van der Waals surface area contributed by atoms with Gasteiger partial charge in [0.2, 0.25) is 0 Å². The lowest BCUT2D eigenvalue weighted by Gasteiger charge is -2.29. The van der Waals surface area contributed by atoms with Crippen molar-refractivity contribution in [3.8, 4) is 11.8 Å². The van der Waals surface area contributed by atoms with Crippen molar-refractivity contribution in [3.05, 3.63) is 93.8 Å². The average molecular weight is 669 g/mol. The summed E-state index contributed by atoms with van der Waals surface area (Å²) in [5, 5.41) is 14.1. The Labute approximate surface area is 282 Å². The first-order valence-electron chi connectivity index (χ1n) is 15.4.